The molecule has 0 spiro atoms. The van der Waals surface area contributed by atoms with Gasteiger partial charge in [-0.25, -0.2) is 0 Å². The molecule has 0 aromatic heterocycles. The third-order valence-corrected chi connectivity index (χ3v) is 8.03. The van der Waals surface area contributed by atoms with Crippen molar-refractivity contribution in [1.29, 1.82) is 0 Å². The molecule has 0 N–H and O–H groups in total. The van der Waals surface area contributed by atoms with Crippen molar-refractivity contribution in [2.45, 2.75) is 0 Å². The van der Waals surface area contributed by atoms with Gasteiger partial charge in [0.25, 0.3) is 0 Å². The highest BCUT2D eigenvalue weighted by Gasteiger charge is 2.11. The highest BCUT2D eigenvalue weighted by Crippen LogP contribution is 2.30. The van der Waals surface area contributed by atoms with Gasteiger partial charge in [0, 0.05) is 10.4 Å². The van der Waals surface area contributed by atoms with Crippen molar-refractivity contribution in [1.82, 2.24) is 0 Å². The lowest BCUT2D eigenvalue weighted by molar-refractivity contribution is 1.61. The van der Waals surface area contributed by atoms with E-state index in [4.69, 9.17) is 0 Å². The van der Waals surface area contributed by atoms with E-state index in [1.54, 1.807) is 0 Å². The Hall–Kier alpha value is -5.38. The second-order valence-electron chi connectivity index (χ2n) is 10.3. The van der Waals surface area contributed by atoms with Crippen molar-refractivity contribution < 1.29 is 0 Å². The standard InChI is InChI=1S/C40H24/c1-3-11-27(12-4-1)37-25-31-19-7-15-29-17-9-21-35(39(29)31)33(37)23-24-34-36-22-10-18-30-16-8-20-32(40(30)36)26-38(34)28-13-5-2-6-14-28/h1-22,25-26H. The Balaban J connectivity index is 1.65. The molecule has 0 heterocycles. The quantitative estimate of drug-likeness (QED) is 0.220. The van der Waals surface area contributed by atoms with E-state index in [0.717, 1.165) is 10.4 Å². The molecule has 8 aromatic carbocycles. The molecule has 0 aliphatic carbocycles. The second-order valence-corrected chi connectivity index (χ2v) is 10.3. The summed E-state index contributed by atoms with van der Waals surface area (Å²) in [6.45, 7) is 0. The number of benzene rings is 8. The molecule has 184 valence electrons. The predicted molar refractivity (Wildman–Crippen MR) is 171 cm³/mol. The molecule has 0 saturated heterocycles. The Morgan fingerprint density at radius 2 is 0.700 bits per heavy atom. The first-order valence-electron chi connectivity index (χ1n) is 13.7. The monoisotopic (exact) mass is 504 g/mol. The van der Waals surface area contributed by atoms with Gasteiger partial charge in [-0.15, -0.1) is 0 Å². The van der Waals surface area contributed by atoms with Gasteiger partial charge in [-0.1, -0.05) is 145 Å². The summed E-state index contributed by atoms with van der Waals surface area (Å²) in [6, 6.07) is 52.1. The molecule has 0 bridgehead atoms. The number of rotatable bonds is 2. The molecule has 0 unspecified atom stereocenters. The second kappa shape index (κ2) is 9.12. The van der Waals surface area contributed by atoms with Crippen LogP contribution >= 0.6 is 0 Å². The molecule has 40 heavy (non-hydrogen) atoms. The Morgan fingerprint density at radius 1 is 0.325 bits per heavy atom. The van der Waals surface area contributed by atoms with Crippen LogP contribution in [-0.2, 0) is 0 Å². The lowest BCUT2D eigenvalue weighted by atomic mass is 9.92. The van der Waals surface area contributed by atoms with Crippen LogP contribution in [-0.4, -0.2) is 0 Å². The van der Waals surface area contributed by atoms with E-state index < -0.39 is 0 Å². The van der Waals surface area contributed by atoms with Gasteiger partial charge in [0.05, 0.1) is 0 Å². The average Bonchev–Trinajstić information content (AvgIpc) is 3.02. The van der Waals surface area contributed by atoms with Gasteiger partial charge in [-0.05, 0) is 77.5 Å². The fourth-order valence-corrected chi connectivity index (χ4v) is 6.23. The summed E-state index contributed by atoms with van der Waals surface area (Å²) in [4.78, 5) is 0. The maximum atomic E-state index is 3.73. The predicted octanol–water partition coefficient (Wildman–Crippen LogP) is 9.09. The molecule has 0 nitrogen and oxygen atoms in total. The van der Waals surface area contributed by atoms with Crippen LogP contribution in [0.15, 0.2) is 146 Å². The topological polar surface area (TPSA) is 0 Å². The van der Waals surface area contributed by atoms with E-state index in [2.05, 4.69) is 157 Å². The third kappa shape index (κ3) is 3.57. The maximum absolute atomic E-state index is 3.73. The lowest BCUT2D eigenvalue weighted by Gasteiger charge is -2.11. The summed E-state index contributed by atoms with van der Waals surface area (Å²) in [5, 5.41) is 12.0. The largest absolute Gasteiger partial charge is 0.0622 e. The van der Waals surface area contributed by atoms with Crippen molar-refractivity contribution in [3.05, 3.63) is 156 Å². The van der Waals surface area contributed by atoms with Crippen LogP contribution in [0.2, 0.25) is 0 Å². The van der Waals surface area contributed by atoms with Crippen LogP contribution < -0.4 is 10.4 Å². The zero-order valence-corrected chi connectivity index (χ0v) is 21.9. The maximum Gasteiger partial charge on any atom is 0.0406 e. The van der Waals surface area contributed by atoms with Crippen LogP contribution in [0.5, 0.6) is 0 Å². The molecule has 0 heteroatoms. The Labute approximate surface area is 232 Å². The van der Waals surface area contributed by atoms with Gasteiger partial charge in [-0.2, -0.15) is 0 Å². The summed E-state index contributed by atoms with van der Waals surface area (Å²) in [5.41, 5.74) is 12.2. The van der Waals surface area contributed by atoms with Gasteiger partial charge < -0.3 is 0 Å². The molecule has 0 aliphatic heterocycles. The summed E-state index contributed by atoms with van der Waals surface area (Å²) < 4.78 is 0. The molecular weight excluding hydrogens is 480 g/mol. The van der Waals surface area contributed by atoms with E-state index in [0.29, 0.717) is 0 Å². The molecule has 0 aliphatic rings. The van der Waals surface area contributed by atoms with Crippen LogP contribution in [0.3, 0.4) is 0 Å². The van der Waals surface area contributed by atoms with Crippen molar-refractivity contribution in [2.75, 3.05) is 0 Å². The Morgan fingerprint density at radius 3 is 1.12 bits per heavy atom. The van der Waals surface area contributed by atoms with Crippen LogP contribution in [0.25, 0.3) is 76.8 Å². The molecule has 0 fully saturated rings. The van der Waals surface area contributed by atoms with Crippen molar-refractivity contribution in [3.63, 3.8) is 0 Å². The fourth-order valence-electron chi connectivity index (χ4n) is 6.23. The highest BCUT2D eigenvalue weighted by atomic mass is 14.1. The van der Waals surface area contributed by atoms with E-state index in [9.17, 15) is 0 Å². The van der Waals surface area contributed by atoms with E-state index in [1.165, 1.54) is 65.3 Å². The summed E-state index contributed by atoms with van der Waals surface area (Å²) in [6.07, 6.45) is 0. The smallest absolute Gasteiger partial charge is 0.0406 e. The lowest BCUT2D eigenvalue weighted by Crippen LogP contribution is -2.08. The third-order valence-electron chi connectivity index (χ3n) is 8.03. The Kier molecular flexibility index (Phi) is 5.15. The molecule has 8 rings (SSSR count). The van der Waals surface area contributed by atoms with Crippen LogP contribution in [0, 0.1) is 0 Å². The zero-order chi connectivity index (χ0) is 26.5. The minimum absolute atomic E-state index is 1.07. The van der Waals surface area contributed by atoms with Crippen molar-refractivity contribution in [2.24, 2.45) is 0 Å². The van der Waals surface area contributed by atoms with Gasteiger partial charge >= 0.3 is 0 Å². The first-order valence-corrected chi connectivity index (χ1v) is 13.7. The highest BCUT2D eigenvalue weighted by molar-refractivity contribution is 6.13. The number of hydrogen-bond acceptors (Lipinski definition) is 0. The summed E-state index contributed by atoms with van der Waals surface area (Å²) >= 11 is 0. The Bertz CT molecular complexity index is 2190. The molecule has 0 saturated carbocycles. The van der Waals surface area contributed by atoms with Gasteiger partial charge in [0.1, 0.15) is 0 Å². The summed E-state index contributed by atoms with van der Waals surface area (Å²) in [7, 11) is 0. The van der Waals surface area contributed by atoms with Gasteiger partial charge in [0.2, 0.25) is 0 Å². The van der Waals surface area contributed by atoms with Crippen LogP contribution in [0.1, 0.15) is 0 Å². The van der Waals surface area contributed by atoms with Crippen molar-refractivity contribution >= 4 is 54.6 Å². The minimum atomic E-state index is 1.07. The zero-order valence-electron chi connectivity index (χ0n) is 21.9. The van der Waals surface area contributed by atoms with Gasteiger partial charge in [-0.3, -0.25) is 0 Å². The normalized spacial score (nSPS) is 11.3. The van der Waals surface area contributed by atoms with E-state index >= 15 is 0 Å². The average molecular weight is 505 g/mol. The molecule has 0 radical (unpaired) electrons. The first kappa shape index (κ1) is 22.6. The van der Waals surface area contributed by atoms with E-state index in [1.807, 2.05) is 0 Å². The molecule has 0 atom stereocenters. The SMILES string of the molecule is C(=C=c1c(-c2ccccc2)cc2cccc3cccc1c32)=c1c(-c2ccccc2)cc2cccc3cccc1c32. The molecule has 0 amide bonds. The summed E-state index contributed by atoms with van der Waals surface area (Å²) in [5.74, 6) is 0. The minimum Gasteiger partial charge on any atom is -0.0622 e. The first-order chi connectivity index (χ1) is 19.8. The molecule has 8 aromatic rings. The number of hydrogen-bond donors (Lipinski definition) is 0. The van der Waals surface area contributed by atoms with Crippen molar-refractivity contribution in [3.8, 4) is 22.3 Å². The van der Waals surface area contributed by atoms with E-state index in [-0.39, 0.29) is 0 Å². The molecular formula is C40H24. The fraction of sp³-hybridized carbons (Fsp3) is 0. The van der Waals surface area contributed by atoms with Gasteiger partial charge in [0.15, 0.2) is 0 Å². The van der Waals surface area contributed by atoms with Crippen LogP contribution in [0.4, 0.5) is 0 Å².